The van der Waals surface area contributed by atoms with E-state index in [2.05, 4.69) is 4.98 Å². The Morgan fingerprint density at radius 2 is 1.94 bits per heavy atom. The Morgan fingerprint density at radius 3 is 2.42 bits per heavy atom. The fourth-order valence-electron chi connectivity index (χ4n) is 3.21. The maximum absolute atomic E-state index is 13.6. The van der Waals surface area contributed by atoms with E-state index in [1.54, 1.807) is 6.92 Å². The second kappa shape index (κ2) is 9.94. The van der Waals surface area contributed by atoms with E-state index in [1.165, 1.54) is 24.3 Å². The number of amides is 2. The van der Waals surface area contributed by atoms with Gasteiger partial charge in [-0.3, -0.25) is 14.4 Å². The molecule has 2 rings (SSSR count). The van der Waals surface area contributed by atoms with Crippen LogP contribution in [0.5, 0.6) is 0 Å². The van der Waals surface area contributed by atoms with Crippen molar-refractivity contribution in [3.05, 3.63) is 16.1 Å². The van der Waals surface area contributed by atoms with Crippen LogP contribution in [0.3, 0.4) is 0 Å². The standard InChI is InChI=1S/C19H26F3N3O5S/c1-4-30-16(28)13-5-7-25(8-6-13)15(27)10-24(3)14(26)9-18(29,19(20,21)22)17-23-12(2)11-31-17/h11,13,29H,4-10H2,1-3H3. The Bertz CT molecular complexity index is 808. The molecule has 1 aromatic rings. The molecule has 1 aliphatic heterocycles. The number of esters is 1. The van der Waals surface area contributed by atoms with E-state index in [-0.39, 0.29) is 31.6 Å². The lowest BCUT2D eigenvalue weighted by atomic mass is 9.97. The van der Waals surface area contributed by atoms with Gasteiger partial charge < -0.3 is 19.6 Å². The number of thiazole rings is 1. The third-order valence-electron chi connectivity index (χ3n) is 5.11. The van der Waals surface area contributed by atoms with Gasteiger partial charge in [0.1, 0.15) is 5.01 Å². The molecule has 12 heteroatoms. The molecule has 2 heterocycles. The minimum atomic E-state index is -5.12. The van der Waals surface area contributed by atoms with Crippen LogP contribution in [-0.2, 0) is 24.7 Å². The zero-order valence-electron chi connectivity index (χ0n) is 17.6. The van der Waals surface area contributed by atoms with E-state index in [1.807, 2.05) is 0 Å². The fourth-order valence-corrected chi connectivity index (χ4v) is 4.13. The molecule has 1 unspecified atom stereocenters. The van der Waals surface area contributed by atoms with Crippen molar-refractivity contribution in [3.63, 3.8) is 0 Å². The molecule has 1 fully saturated rings. The number of piperidine rings is 1. The molecule has 174 valence electrons. The van der Waals surface area contributed by atoms with E-state index in [4.69, 9.17) is 4.74 Å². The number of hydrogen-bond donors (Lipinski definition) is 1. The summed E-state index contributed by atoms with van der Waals surface area (Å²) in [7, 11) is 1.20. The predicted octanol–water partition coefficient (Wildman–Crippen LogP) is 1.85. The molecule has 0 spiro atoms. The normalized spacial score (nSPS) is 17.2. The Labute approximate surface area is 182 Å². The van der Waals surface area contributed by atoms with Crippen LogP contribution in [0.2, 0.25) is 0 Å². The number of nitrogens with zero attached hydrogens (tertiary/aromatic N) is 3. The maximum atomic E-state index is 13.6. The number of carbonyl (C=O) groups is 3. The van der Waals surface area contributed by atoms with Crippen molar-refractivity contribution in [1.29, 1.82) is 0 Å². The highest BCUT2D eigenvalue weighted by Crippen LogP contribution is 2.43. The summed E-state index contributed by atoms with van der Waals surface area (Å²) in [6, 6.07) is 0. The number of carbonyl (C=O) groups excluding carboxylic acids is 3. The van der Waals surface area contributed by atoms with Gasteiger partial charge >= 0.3 is 12.1 Å². The second-order valence-corrected chi connectivity index (χ2v) is 8.34. The number of ether oxygens (including phenoxy) is 1. The van der Waals surface area contributed by atoms with Crippen LogP contribution in [0.25, 0.3) is 0 Å². The van der Waals surface area contributed by atoms with Crippen LogP contribution >= 0.6 is 11.3 Å². The number of halogens is 3. The molecule has 1 N–H and O–H groups in total. The maximum Gasteiger partial charge on any atom is 0.424 e. The van der Waals surface area contributed by atoms with Crippen LogP contribution in [0.4, 0.5) is 13.2 Å². The summed E-state index contributed by atoms with van der Waals surface area (Å²) in [5.41, 5.74) is -3.14. The van der Waals surface area contributed by atoms with Gasteiger partial charge in [-0.25, -0.2) is 4.98 Å². The van der Waals surface area contributed by atoms with Crippen LogP contribution in [0.15, 0.2) is 5.38 Å². The zero-order valence-corrected chi connectivity index (χ0v) is 18.4. The smallest absolute Gasteiger partial charge is 0.424 e. The van der Waals surface area contributed by atoms with Crippen molar-refractivity contribution < 1.29 is 37.4 Å². The van der Waals surface area contributed by atoms with Gasteiger partial charge in [-0.05, 0) is 26.7 Å². The van der Waals surface area contributed by atoms with Gasteiger partial charge in [0.2, 0.25) is 17.4 Å². The van der Waals surface area contributed by atoms with Gasteiger partial charge in [0, 0.05) is 31.2 Å². The van der Waals surface area contributed by atoms with E-state index in [0.29, 0.717) is 29.9 Å². The first-order chi connectivity index (χ1) is 14.4. The SMILES string of the molecule is CCOC(=O)C1CCN(C(=O)CN(C)C(=O)CC(O)(c2nc(C)cs2)C(F)(F)F)CC1. The zero-order chi connectivity index (χ0) is 23.4. The predicted molar refractivity (Wildman–Crippen MR) is 105 cm³/mol. The number of aryl methyl sites for hydroxylation is 1. The number of aromatic nitrogens is 1. The lowest BCUT2D eigenvalue weighted by Gasteiger charge is -2.33. The van der Waals surface area contributed by atoms with Crippen molar-refractivity contribution in [1.82, 2.24) is 14.8 Å². The molecule has 1 atom stereocenters. The van der Waals surface area contributed by atoms with Crippen molar-refractivity contribution >= 4 is 29.1 Å². The molecule has 0 bridgehead atoms. The Hall–Kier alpha value is -2.21. The van der Waals surface area contributed by atoms with E-state index in [0.717, 1.165) is 4.90 Å². The fraction of sp³-hybridized carbons (Fsp3) is 0.684. The highest BCUT2D eigenvalue weighted by Gasteiger charge is 2.58. The monoisotopic (exact) mass is 465 g/mol. The first-order valence-electron chi connectivity index (χ1n) is 9.79. The van der Waals surface area contributed by atoms with Crippen molar-refractivity contribution in [2.45, 2.75) is 44.9 Å². The lowest BCUT2D eigenvalue weighted by molar-refractivity contribution is -0.268. The summed E-state index contributed by atoms with van der Waals surface area (Å²) in [5.74, 6) is -2.10. The van der Waals surface area contributed by atoms with Gasteiger partial charge in [0.25, 0.3) is 0 Å². The summed E-state index contributed by atoms with van der Waals surface area (Å²) in [6.07, 6.45) is -5.57. The van der Waals surface area contributed by atoms with Gasteiger partial charge in [-0.2, -0.15) is 13.2 Å². The molecular formula is C19H26F3N3O5S. The first kappa shape index (κ1) is 25.1. The molecule has 1 saturated heterocycles. The number of rotatable bonds is 7. The van der Waals surface area contributed by atoms with Gasteiger partial charge in [-0.15, -0.1) is 11.3 Å². The summed E-state index contributed by atoms with van der Waals surface area (Å²) < 4.78 is 45.7. The molecule has 8 nitrogen and oxygen atoms in total. The average molecular weight is 465 g/mol. The van der Waals surface area contributed by atoms with E-state index in [9.17, 15) is 32.7 Å². The number of alkyl halides is 3. The largest absolute Gasteiger partial charge is 0.466 e. The van der Waals surface area contributed by atoms with Gasteiger partial charge in [0.05, 0.1) is 25.5 Å². The molecule has 0 saturated carbocycles. The van der Waals surface area contributed by atoms with Gasteiger partial charge in [0.15, 0.2) is 0 Å². The Kier molecular flexibility index (Phi) is 8.04. The second-order valence-electron chi connectivity index (χ2n) is 7.49. The van der Waals surface area contributed by atoms with Crippen LogP contribution in [0.1, 0.15) is 36.9 Å². The minimum absolute atomic E-state index is 0.274. The molecule has 1 aromatic heterocycles. The van der Waals surface area contributed by atoms with Crippen LogP contribution in [-0.4, -0.2) is 77.1 Å². The topological polar surface area (TPSA) is 100 Å². The number of aliphatic hydroxyl groups is 1. The number of likely N-dealkylation sites (tertiary alicyclic amines) is 1. The van der Waals surface area contributed by atoms with E-state index < -0.39 is 41.6 Å². The van der Waals surface area contributed by atoms with Crippen LogP contribution in [0, 0.1) is 12.8 Å². The molecule has 2 amide bonds. The first-order valence-corrected chi connectivity index (χ1v) is 10.7. The Balaban J connectivity index is 1.97. The van der Waals surface area contributed by atoms with Crippen LogP contribution < -0.4 is 0 Å². The summed E-state index contributed by atoms with van der Waals surface area (Å²) in [6.45, 7) is 3.60. The molecule has 0 radical (unpaired) electrons. The highest BCUT2D eigenvalue weighted by atomic mass is 32.1. The van der Waals surface area contributed by atoms with Crippen molar-refractivity contribution in [3.8, 4) is 0 Å². The molecule has 1 aliphatic rings. The highest BCUT2D eigenvalue weighted by molar-refractivity contribution is 7.09. The molecule has 0 aliphatic carbocycles. The average Bonchev–Trinajstić information content (AvgIpc) is 3.14. The van der Waals surface area contributed by atoms with Crippen molar-refractivity contribution in [2.24, 2.45) is 5.92 Å². The number of hydrogen-bond acceptors (Lipinski definition) is 7. The Morgan fingerprint density at radius 1 is 1.32 bits per heavy atom. The summed E-state index contributed by atoms with van der Waals surface area (Å²) in [5, 5.41) is 11.0. The minimum Gasteiger partial charge on any atom is -0.466 e. The quantitative estimate of drug-likeness (QED) is 0.617. The third-order valence-corrected chi connectivity index (χ3v) is 6.23. The van der Waals surface area contributed by atoms with E-state index >= 15 is 0 Å². The lowest BCUT2D eigenvalue weighted by Crippen LogP contribution is -2.49. The molecule has 0 aromatic carbocycles. The third kappa shape index (κ3) is 5.94. The van der Waals surface area contributed by atoms with Gasteiger partial charge in [-0.1, -0.05) is 0 Å². The number of likely N-dealkylation sites (N-methyl/N-ethyl adjacent to an activating group) is 1. The molecular weight excluding hydrogens is 439 g/mol. The molecule has 31 heavy (non-hydrogen) atoms. The summed E-state index contributed by atoms with van der Waals surface area (Å²) >= 11 is 0.615. The van der Waals surface area contributed by atoms with Crippen molar-refractivity contribution in [2.75, 3.05) is 33.3 Å². The summed E-state index contributed by atoms with van der Waals surface area (Å²) in [4.78, 5) is 42.7.